The van der Waals surface area contributed by atoms with Crippen LogP contribution < -0.4 is 10.0 Å². The summed E-state index contributed by atoms with van der Waals surface area (Å²) in [5.74, 6) is 0. The van der Waals surface area contributed by atoms with Gasteiger partial charge in [-0.05, 0) is 25.0 Å². The Morgan fingerprint density at radius 1 is 1.20 bits per heavy atom. The fourth-order valence-corrected chi connectivity index (χ4v) is 2.72. The molecule has 7 nitrogen and oxygen atoms in total. The van der Waals surface area contributed by atoms with E-state index in [1.165, 1.54) is 18.2 Å². The van der Waals surface area contributed by atoms with Crippen LogP contribution in [0.15, 0.2) is 23.1 Å². The molecule has 0 aromatic heterocycles. The van der Waals surface area contributed by atoms with Gasteiger partial charge >= 0.3 is 0 Å². The molecule has 0 aliphatic rings. The molecule has 0 bridgehead atoms. The van der Waals surface area contributed by atoms with Gasteiger partial charge in [0.05, 0.1) is 9.82 Å². The second kappa shape index (κ2) is 7.20. The Morgan fingerprint density at radius 3 is 2.40 bits per heavy atom. The third-order valence-electron chi connectivity index (χ3n) is 2.58. The molecule has 1 aromatic rings. The van der Waals surface area contributed by atoms with Crippen LogP contribution in [0.4, 0.5) is 11.4 Å². The molecule has 0 aliphatic heterocycles. The number of sulfonamides is 1. The summed E-state index contributed by atoms with van der Waals surface area (Å²) >= 11 is 0. The number of nitrogens with one attached hydrogen (secondary N) is 2. The minimum absolute atomic E-state index is 0.0233. The van der Waals surface area contributed by atoms with Crippen molar-refractivity contribution < 1.29 is 13.3 Å². The summed E-state index contributed by atoms with van der Waals surface area (Å²) in [6.07, 6.45) is 1.45. The van der Waals surface area contributed by atoms with Crippen molar-refractivity contribution in [1.29, 1.82) is 0 Å². The summed E-state index contributed by atoms with van der Waals surface area (Å²) in [7, 11) is -3.63. The Morgan fingerprint density at radius 2 is 1.85 bits per heavy atom. The fraction of sp³-hybridized carbons (Fsp3) is 0.500. The Hall–Kier alpha value is -1.67. The maximum absolute atomic E-state index is 12.0. The van der Waals surface area contributed by atoms with Crippen molar-refractivity contribution in [1.82, 2.24) is 4.72 Å². The van der Waals surface area contributed by atoms with E-state index < -0.39 is 14.9 Å². The van der Waals surface area contributed by atoms with Gasteiger partial charge in [-0.2, -0.15) is 0 Å². The first-order chi connectivity index (χ1) is 9.42. The summed E-state index contributed by atoms with van der Waals surface area (Å²) in [5.41, 5.74) is 0.0871. The standard InChI is InChI=1S/C12H19N3O4S/c1-3-7-13-11-9-10(5-6-12(11)15(16)17)20(18,19)14-8-4-2/h5-6,9,13-14H,3-4,7-8H2,1-2H3. The number of nitro groups is 1. The van der Waals surface area contributed by atoms with Crippen LogP contribution in [0.5, 0.6) is 0 Å². The van der Waals surface area contributed by atoms with Gasteiger partial charge in [0.15, 0.2) is 0 Å². The van der Waals surface area contributed by atoms with Gasteiger partial charge in [-0.15, -0.1) is 0 Å². The molecule has 0 unspecified atom stereocenters. The van der Waals surface area contributed by atoms with E-state index in [-0.39, 0.29) is 16.3 Å². The molecule has 0 saturated carbocycles. The molecule has 0 radical (unpaired) electrons. The highest BCUT2D eigenvalue weighted by atomic mass is 32.2. The predicted octanol–water partition coefficient (Wildman–Crippen LogP) is 2.10. The molecule has 8 heteroatoms. The number of hydrogen-bond donors (Lipinski definition) is 2. The summed E-state index contributed by atoms with van der Waals surface area (Å²) < 4.78 is 26.4. The van der Waals surface area contributed by atoms with Crippen LogP contribution >= 0.6 is 0 Å². The number of anilines is 1. The molecule has 0 atom stereocenters. The van der Waals surface area contributed by atoms with Crippen molar-refractivity contribution in [2.45, 2.75) is 31.6 Å². The molecule has 0 amide bonds. The highest BCUT2D eigenvalue weighted by molar-refractivity contribution is 7.89. The second-order valence-electron chi connectivity index (χ2n) is 4.26. The highest BCUT2D eigenvalue weighted by Crippen LogP contribution is 2.27. The second-order valence-corrected chi connectivity index (χ2v) is 6.03. The number of nitro benzene ring substituents is 1. The van der Waals surface area contributed by atoms with Crippen molar-refractivity contribution in [3.05, 3.63) is 28.3 Å². The number of benzene rings is 1. The van der Waals surface area contributed by atoms with E-state index in [0.29, 0.717) is 19.5 Å². The Labute approximate surface area is 118 Å². The molecule has 0 heterocycles. The van der Waals surface area contributed by atoms with Crippen LogP contribution in [0.2, 0.25) is 0 Å². The Bertz CT molecular complexity index is 572. The highest BCUT2D eigenvalue weighted by Gasteiger charge is 2.19. The van der Waals surface area contributed by atoms with Gasteiger partial charge in [0, 0.05) is 19.2 Å². The van der Waals surface area contributed by atoms with Crippen LogP contribution in [0, 0.1) is 10.1 Å². The Balaban J connectivity index is 3.14. The summed E-state index contributed by atoms with van der Waals surface area (Å²) in [5, 5.41) is 13.8. The van der Waals surface area contributed by atoms with Gasteiger partial charge in [-0.25, -0.2) is 13.1 Å². The number of rotatable bonds is 8. The molecule has 0 spiro atoms. The maximum atomic E-state index is 12.0. The molecule has 112 valence electrons. The molecule has 0 saturated heterocycles. The van der Waals surface area contributed by atoms with E-state index in [0.717, 1.165) is 6.42 Å². The van der Waals surface area contributed by atoms with Gasteiger partial charge in [-0.3, -0.25) is 10.1 Å². The first kappa shape index (κ1) is 16.4. The van der Waals surface area contributed by atoms with Crippen LogP contribution in [0.1, 0.15) is 26.7 Å². The third kappa shape index (κ3) is 4.17. The monoisotopic (exact) mass is 301 g/mol. The van der Waals surface area contributed by atoms with E-state index in [9.17, 15) is 18.5 Å². The van der Waals surface area contributed by atoms with Gasteiger partial charge in [0.2, 0.25) is 10.0 Å². The zero-order valence-electron chi connectivity index (χ0n) is 11.5. The summed E-state index contributed by atoms with van der Waals surface area (Å²) in [6, 6.07) is 3.75. The van der Waals surface area contributed by atoms with E-state index in [2.05, 4.69) is 10.0 Å². The van der Waals surface area contributed by atoms with Gasteiger partial charge < -0.3 is 5.32 Å². The molecule has 20 heavy (non-hydrogen) atoms. The van der Waals surface area contributed by atoms with E-state index >= 15 is 0 Å². The average molecular weight is 301 g/mol. The van der Waals surface area contributed by atoms with Gasteiger partial charge in [-0.1, -0.05) is 13.8 Å². The average Bonchev–Trinajstić information content (AvgIpc) is 2.42. The van der Waals surface area contributed by atoms with Crippen molar-refractivity contribution in [3.8, 4) is 0 Å². The van der Waals surface area contributed by atoms with Crippen molar-refractivity contribution in [3.63, 3.8) is 0 Å². The number of nitrogens with zero attached hydrogens (tertiary/aromatic N) is 1. The molecule has 0 fully saturated rings. The zero-order chi connectivity index (χ0) is 15.2. The minimum atomic E-state index is -3.63. The molecular weight excluding hydrogens is 282 g/mol. The first-order valence-corrected chi connectivity index (χ1v) is 7.92. The smallest absolute Gasteiger partial charge is 0.292 e. The van der Waals surface area contributed by atoms with Crippen molar-refractivity contribution >= 4 is 21.4 Å². The lowest BCUT2D eigenvalue weighted by Gasteiger charge is -2.09. The molecule has 1 aromatic carbocycles. The predicted molar refractivity (Wildman–Crippen MR) is 77.4 cm³/mol. The van der Waals surface area contributed by atoms with Crippen LogP contribution in [0.25, 0.3) is 0 Å². The Kier molecular flexibility index (Phi) is 5.90. The molecule has 1 rings (SSSR count). The largest absolute Gasteiger partial charge is 0.379 e. The van der Waals surface area contributed by atoms with Crippen LogP contribution in [0.3, 0.4) is 0 Å². The normalized spacial score (nSPS) is 11.3. The fourth-order valence-electron chi connectivity index (χ4n) is 1.56. The van der Waals surface area contributed by atoms with E-state index in [1.54, 1.807) is 0 Å². The van der Waals surface area contributed by atoms with Crippen LogP contribution in [-0.4, -0.2) is 26.4 Å². The zero-order valence-corrected chi connectivity index (χ0v) is 12.4. The topological polar surface area (TPSA) is 101 Å². The van der Waals surface area contributed by atoms with Crippen molar-refractivity contribution in [2.75, 3.05) is 18.4 Å². The lowest BCUT2D eigenvalue weighted by atomic mass is 10.2. The lowest BCUT2D eigenvalue weighted by molar-refractivity contribution is -0.384. The van der Waals surface area contributed by atoms with E-state index in [4.69, 9.17) is 0 Å². The molecule has 2 N–H and O–H groups in total. The lowest BCUT2D eigenvalue weighted by Crippen LogP contribution is -2.24. The van der Waals surface area contributed by atoms with Crippen molar-refractivity contribution in [2.24, 2.45) is 0 Å². The summed E-state index contributed by atoms with van der Waals surface area (Å²) in [4.78, 5) is 10.4. The maximum Gasteiger partial charge on any atom is 0.292 e. The minimum Gasteiger partial charge on any atom is -0.379 e. The SMILES string of the molecule is CCCNc1cc(S(=O)(=O)NCCC)ccc1[N+](=O)[O-]. The van der Waals surface area contributed by atoms with Gasteiger partial charge in [0.1, 0.15) is 5.69 Å². The molecular formula is C12H19N3O4S. The quantitative estimate of drug-likeness (QED) is 0.565. The molecule has 0 aliphatic carbocycles. The number of hydrogen-bond acceptors (Lipinski definition) is 5. The van der Waals surface area contributed by atoms with E-state index in [1.807, 2.05) is 13.8 Å². The van der Waals surface area contributed by atoms with Gasteiger partial charge in [0.25, 0.3) is 5.69 Å². The van der Waals surface area contributed by atoms with Crippen LogP contribution in [-0.2, 0) is 10.0 Å². The first-order valence-electron chi connectivity index (χ1n) is 6.44. The summed E-state index contributed by atoms with van der Waals surface area (Å²) in [6.45, 7) is 4.64. The third-order valence-corrected chi connectivity index (χ3v) is 4.04.